The van der Waals surface area contributed by atoms with Crippen molar-refractivity contribution in [3.63, 3.8) is 0 Å². The molecule has 9 heteroatoms. The summed E-state index contributed by atoms with van der Waals surface area (Å²) < 4.78 is 40.0. The van der Waals surface area contributed by atoms with Gasteiger partial charge in [0, 0.05) is 12.3 Å². The Labute approximate surface area is 135 Å². The molecule has 2 amide bonds. The SMILES string of the molecule is CC(NC(=O)CN1CCSC1=O)c1ccc(OC(F)(F)F)cc1. The van der Waals surface area contributed by atoms with E-state index in [-0.39, 0.29) is 23.4 Å². The molecular weight excluding hydrogens is 333 g/mol. The van der Waals surface area contributed by atoms with E-state index in [2.05, 4.69) is 10.1 Å². The lowest BCUT2D eigenvalue weighted by atomic mass is 10.1. The molecule has 1 fully saturated rings. The smallest absolute Gasteiger partial charge is 0.406 e. The van der Waals surface area contributed by atoms with E-state index in [1.807, 2.05) is 0 Å². The first-order valence-electron chi connectivity index (χ1n) is 6.81. The second kappa shape index (κ2) is 7.12. The number of nitrogens with one attached hydrogen (secondary N) is 1. The first kappa shape index (κ1) is 17.5. The van der Waals surface area contributed by atoms with Crippen LogP contribution in [0.25, 0.3) is 0 Å². The maximum atomic E-state index is 12.1. The van der Waals surface area contributed by atoms with E-state index in [0.29, 0.717) is 17.9 Å². The molecule has 23 heavy (non-hydrogen) atoms. The molecule has 1 saturated heterocycles. The minimum atomic E-state index is -4.73. The van der Waals surface area contributed by atoms with E-state index in [9.17, 15) is 22.8 Å². The number of hydrogen-bond donors (Lipinski definition) is 1. The lowest BCUT2D eigenvalue weighted by Crippen LogP contribution is -2.38. The van der Waals surface area contributed by atoms with Gasteiger partial charge in [-0.1, -0.05) is 23.9 Å². The van der Waals surface area contributed by atoms with Gasteiger partial charge in [-0.2, -0.15) is 0 Å². The highest BCUT2D eigenvalue weighted by Gasteiger charge is 2.31. The van der Waals surface area contributed by atoms with Gasteiger partial charge in [-0.3, -0.25) is 9.59 Å². The third-order valence-corrected chi connectivity index (χ3v) is 4.06. The van der Waals surface area contributed by atoms with Crippen LogP contribution in [0.1, 0.15) is 18.5 Å². The lowest BCUT2D eigenvalue weighted by molar-refractivity contribution is -0.274. The Morgan fingerprint density at radius 3 is 2.57 bits per heavy atom. The summed E-state index contributed by atoms with van der Waals surface area (Å²) in [5.41, 5.74) is 0.634. The number of alkyl halides is 3. The van der Waals surface area contributed by atoms with Crippen molar-refractivity contribution in [2.45, 2.75) is 19.3 Å². The summed E-state index contributed by atoms with van der Waals surface area (Å²) in [4.78, 5) is 24.8. The van der Waals surface area contributed by atoms with Crippen LogP contribution in [0.3, 0.4) is 0 Å². The Balaban J connectivity index is 1.88. The van der Waals surface area contributed by atoms with Crippen molar-refractivity contribution in [2.24, 2.45) is 0 Å². The third kappa shape index (κ3) is 5.34. The second-order valence-electron chi connectivity index (χ2n) is 4.94. The molecule has 1 aromatic carbocycles. The molecule has 1 aliphatic rings. The summed E-state index contributed by atoms with van der Waals surface area (Å²) in [6, 6.07) is 4.87. The van der Waals surface area contributed by atoms with Gasteiger partial charge in [0.05, 0.1) is 6.04 Å². The average Bonchev–Trinajstić information content (AvgIpc) is 2.83. The highest BCUT2D eigenvalue weighted by Crippen LogP contribution is 2.24. The maximum absolute atomic E-state index is 12.1. The molecule has 0 saturated carbocycles. The fourth-order valence-electron chi connectivity index (χ4n) is 2.07. The summed E-state index contributed by atoms with van der Waals surface area (Å²) >= 11 is 1.17. The lowest BCUT2D eigenvalue weighted by Gasteiger charge is -2.18. The van der Waals surface area contributed by atoms with Gasteiger partial charge >= 0.3 is 6.36 Å². The number of rotatable bonds is 5. The number of benzene rings is 1. The van der Waals surface area contributed by atoms with Crippen LogP contribution in [0, 0.1) is 0 Å². The van der Waals surface area contributed by atoms with Crippen molar-refractivity contribution in [3.05, 3.63) is 29.8 Å². The van der Waals surface area contributed by atoms with Gasteiger partial charge in [0.15, 0.2) is 0 Å². The van der Waals surface area contributed by atoms with Crippen LogP contribution in [0.5, 0.6) is 5.75 Å². The number of thioether (sulfide) groups is 1. The van der Waals surface area contributed by atoms with Gasteiger partial charge in [0.1, 0.15) is 12.3 Å². The zero-order valence-corrected chi connectivity index (χ0v) is 13.0. The summed E-state index contributed by atoms with van der Waals surface area (Å²) in [7, 11) is 0. The maximum Gasteiger partial charge on any atom is 0.573 e. The molecule has 1 aromatic rings. The Bertz CT molecular complexity index is 578. The van der Waals surface area contributed by atoms with E-state index in [0.717, 1.165) is 0 Å². The Morgan fingerprint density at radius 1 is 1.39 bits per heavy atom. The van der Waals surface area contributed by atoms with Crippen molar-refractivity contribution in [2.75, 3.05) is 18.8 Å². The van der Waals surface area contributed by atoms with Gasteiger partial charge in [0.25, 0.3) is 5.24 Å². The van der Waals surface area contributed by atoms with Crippen LogP contribution >= 0.6 is 11.8 Å². The minimum absolute atomic E-state index is 0.0224. The number of carbonyl (C=O) groups excluding carboxylic acids is 2. The highest BCUT2D eigenvalue weighted by molar-refractivity contribution is 8.13. The van der Waals surface area contributed by atoms with Crippen molar-refractivity contribution in [1.82, 2.24) is 10.2 Å². The molecule has 2 rings (SSSR count). The topological polar surface area (TPSA) is 58.6 Å². The molecule has 5 nitrogen and oxygen atoms in total. The van der Waals surface area contributed by atoms with Crippen LogP contribution in [0.15, 0.2) is 24.3 Å². The zero-order valence-electron chi connectivity index (χ0n) is 12.2. The monoisotopic (exact) mass is 348 g/mol. The van der Waals surface area contributed by atoms with Crippen LogP contribution in [0.2, 0.25) is 0 Å². The van der Waals surface area contributed by atoms with E-state index in [4.69, 9.17) is 0 Å². The predicted octanol–water partition coefficient (Wildman–Crippen LogP) is 2.93. The number of carbonyl (C=O) groups is 2. The van der Waals surface area contributed by atoms with Crippen LogP contribution in [-0.4, -0.2) is 41.3 Å². The Kier molecular flexibility index (Phi) is 5.40. The predicted molar refractivity (Wildman–Crippen MR) is 79.1 cm³/mol. The summed E-state index contributed by atoms with van der Waals surface area (Å²) in [6.45, 7) is 2.22. The molecule has 0 radical (unpaired) electrons. The molecule has 126 valence electrons. The van der Waals surface area contributed by atoms with Gasteiger partial charge in [-0.15, -0.1) is 13.2 Å². The zero-order chi connectivity index (χ0) is 17.0. The molecule has 1 unspecified atom stereocenters. The van der Waals surface area contributed by atoms with Gasteiger partial charge < -0.3 is 15.0 Å². The first-order valence-corrected chi connectivity index (χ1v) is 7.80. The number of halogens is 3. The first-order chi connectivity index (χ1) is 10.7. The molecule has 1 aliphatic heterocycles. The Hall–Kier alpha value is -1.90. The molecule has 1 N–H and O–H groups in total. The van der Waals surface area contributed by atoms with Crippen molar-refractivity contribution < 1.29 is 27.5 Å². The minimum Gasteiger partial charge on any atom is -0.406 e. The Morgan fingerprint density at radius 2 is 2.04 bits per heavy atom. The molecule has 0 aromatic heterocycles. The quantitative estimate of drug-likeness (QED) is 0.889. The summed E-state index contributed by atoms with van der Waals surface area (Å²) in [5.74, 6) is 0.0333. The van der Waals surface area contributed by atoms with Crippen molar-refractivity contribution in [3.8, 4) is 5.75 Å². The van der Waals surface area contributed by atoms with E-state index in [1.165, 1.54) is 40.9 Å². The fraction of sp³-hybridized carbons (Fsp3) is 0.429. The van der Waals surface area contributed by atoms with Crippen LogP contribution in [0.4, 0.5) is 18.0 Å². The summed E-state index contributed by atoms with van der Waals surface area (Å²) in [5, 5.41) is 2.58. The molecular formula is C14H15F3N2O3S. The summed E-state index contributed by atoms with van der Waals surface area (Å²) in [6.07, 6.45) is -4.73. The fourth-order valence-corrected chi connectivity index (χ4v) is 2.90. The average molecular weight is 348 g/mol. The standard InChI is InChI=1S/C14H15F3N2O3S/c1-9(18-12(20)8-19-6-7-23-13(19)21)10-2-4-11(5-3-10)22-14(15,16)17/h2-5,9H,6-8H2,1H3,(H,18,20). The van der Waals surface area contributed by atoms with Gasteiger partial charge in [-0.25, -0.2) is 0 Å². The molecule has 1 atom stereocenters. The van der Waals surface area contributed by atoms with Crippen molar-refractivity contribution in [1.29, 1.82) is 0 Å². The molecule has 1 heterocycles. The number of hydrogen-bond acceptors (Lipinski definition) is 4. The molecule has 0 aliphatic carbocycles. The van der Waals surface area contributed by atoms with Crippen molar-refractivity contribution >= 4 is 22.9 Å². The molecule has 0 bridgehead atoms. The van der Waals surface area contributed by atoms with E-state index in [1.54, 1.807) is 6.92 Å². The second-order valence-corrected chi connectivity index (χ2v) is 5.99. The van der Waals surface area contributed by atoms with Crippen LogP contribution in [-0.2, 0) is 4.79 Å². The molecule has 0 spiro atoms. The third-order valence-electron chi connectivity index (χ3n) is 3.17. The number of nitrogens with zero attached hydrogens (tertiary/aromatic N) is 1. The number of ether oxygens (including phenoxy) is 1. The van der Waals surface area contributed by atoms with Gasteiger partial charge in [0.2, 0.25) is 5.91 Å². The normalized spacial score (nSPS) is 16.3. The van der Waals surface area contributed by atoms with E-state index >= 15 is 0 Å². The highest BCUT2D eigenvalue weighted by atomic mass is 32.2. The van der Waals surface area contributed by atoms with Crippen LogP contribution < -0.4 is 10.1 Å². The van der Waals surface area contributed by atoms with E-state index < -0.39 is 12.4 Å². The largest absolute Gasteiger partial charge is 0.573 e. The number of amides is 2. The van der Waals surface area contributed by atoms with Gasteiger partial charge in [-0.05, 0) is 24.6 Å².